The zero-order valence-corrected chi connectivity index (χ0v) is 12.9. The first kappa shape index (κ1) is 14.2. The molecule has 3 heterocycles. The average molecular weight is 299 g/mol. The van der Waals surface area contributed by atoms with Crippen molar-refractivity contribution in [2.24, 2.45) is 7.05 Å². The summed E-state index contributed by atoms with van der Waals surface area (Å²) in [7, 11) is 1.79. The Balaban J connectivity index is 2.07. The number of nitrogens with one attached hydrogen (secondary N) is 1. The molecular formula is C15H17N5O2. The number of rotatable bonds is 3. The monoisotopic (exact) mass is 299 g/mol. The number of fused-ring (bicyclic) bond motifs is 1. The molecular weight excluding hydrogens is 282 g/mol. The molecule has 0 aliphatic carbocycles. The topological polar surface area (TPSA) is 85.8 Å². The molecule has 3 aromatic rings. The van der Waals surface area contributed by atoms with Crippen molar-refractivity contribution >= 4 is 22.7 Å². The quantitative estimate of drug-likeness (QED) is 0.803. The molecule has 3 rings (SSSR count). The molecule has 7 heteroatoms. The van der Waals surface area contributed by atoms with E-state index in [1.807, 2.05) is 13.8 Å². The predicted molar refractivity (Wildman–Crippen MR) is 81.8 cm³/mol. The van der Waals surface area contributed by atoms with Crippen LogP contribution in [0.5, 0.6) is 0 Å². The van der Waals surface area contributed by atoms with Crippen molar-refractivity contribution in [2.75, 3.05) is 5.32 Å². The summed E-state index contributed by atoms with van der Waals surface area (Å²) in [5.74, 6) is -0.0478. The van der Waals surface area contributed by atoms with Gasteiger partial charge in [-0.2, -0.15) is 5.10 Å². The van der Waals surface area contributed by atoms with E-state index in [4.69, 9.17) is 4.52 Å². The SMILES string of the molecule is Cc1noc2nc(C(C)C)cc(C(=O)Nc3cnn(C)c3)c12. The van der Waals surface area contributed by atoms with Crippen LogP contribution in [0.25, 0.3) is 11.1 Å². The molecule has 0 radical (unpaired) electrons. The van der Waals surface area contributed by atoms with E-state index in [1.54, 1.807) is 37.1 Å². The standard InChI is InChI=1S/C15H17N5O2/c1-8(2)12-5-11(13-9(3)19-22-15(13)18-12)14(21)17-10-6-16-20(4)7-10/h5-8H,1-4H3,(H,17,21). The van der Waals surface area contributed by atoms with E-state index in [0.29, 0.717) is 28.0 Å². The Bertz CT molecular complexity index is 847. The first-order valence-electron chi connectivity index (χ1n) is 7.02. The zero-order chi connectivity index (χ0) is 15.9. The van der Waals surface area contributed by atoms with Crippen LogP contribution in [-0.4, -0.2) is 25.8 Å². The summed E-state index contributed by atoms with van der Waals surface area (Å²) in [5, 5.41) is 11.4. The van der Waals surface area contributed by atoms with Crippen LogP contribution in [0.3, 0.4) is 0 Å². The Morgan fingerprint density at radius 3 is 2.82 bits per heavy atom. The van der Waals surface area contributed by atoms with Crippen molar-refractivity contribution in [1.29, 1.82) is 0 Å². The third-order valence-electron chi connectivity index (χ3n) is 3.44. The van der Waals surface area contributed by atoms with Gasteiger partial charge < -0.3 is 9.84 Å². The number of nitrogens with zero attached hydrogens (tertiary/aromatic N) is 4. The molecule has 0 fully saturated rings. The van der Waals surface area contributed by atoms with Crippen LogP contribution >= 0.6 is 0 Å². The predicted octanol–water partition coefficient (Wildman–Crippen LogP) is 2.64. The molecule has 1 N–H and O–H groups in total. The lowest BCUT2D eigenvalue weighted by Crippen LogP contribution is -2.13. The van der Waals surface area contributed by atoms with Crippen LogP contribution < -0.4 is 5.32 Å². The van der Waals surface area contributed by atoms with Gasteiger partial charge >= 0.3 is 0 Å². The first-order valence-corrected chi connectivity index (χ1v) is 7.02. The summed E-state index contributed by atoms with van der Waals surface area (Å²) in [5.41, 5.74) is 2.98. The number of anilines is 1. The first-order chi connectivity index (χ1) is 10.5. The van der Waals surface area contributed by atoms with Crippen molar-refractivity contribution in [1.82, 2.24) is 19.9 Å². The zero-order valence-electron chi connectivity index (χ0n) is 12.9. The van der Waals surface area contributed by atoms with Crippen molar-refractivity contribution < 1.29 is 9.32 Å². The third-order valence-corrected chi connectivity index (χ3v) is 3.44. The van der Waals surface area contributed by atoms with Gasteiger partial charge in [-0.05, 0) is 18.9 Å². The van der Waals surface area contributed by atoms with Gasteiger partial charge in [-0.15, -0.1) is 0 Å². The summed E-state index contributed by atoms with van der Waals surface area (Å²) in [6.45, 7) is 5.82. The molecule has 0 saturated heterocycles. The van der Waals surface area contributed by atoms with Crippen LogP contribution in [-0.2, 0) is 7.05 Å². The minimum absolute atomic E-state index is 0.180. The normalized spacial score (nSPS) is 11.3. The largest absolute Gasteiger partial charge is 0.336 e. The van der Waals surface area contributed by atoms with Gasteiger partial charge in [0.05, 0.1) is 28.5 Å². The molecule has 0 spiro atoms. The number of amides is 1. The van der Waals surface area contributed by atoms with Crippen LogP contribution in [0, 0.1) is 6.92 Å². The minimum Gasteiger partial charge on any atom is -0.336 e. The number of hydrogen-bond acceptors (Lipinski definition) is 5. The Labute approximate surface area is 127 Å². The molecule has 3 aromatic heterocycles. The smallest absolute Gasteiger partial charge is 0.259 e. The van der Waals surface area contributed by atoms with Crippen molar-refractivity contribution in [2.45, 2.75) is 26.7 Å². The second kappa shape index (κ2) is 5.25. The second-order valence-corrected chi connectivity index (χ2v) is 5.55. The third kappa shape index (κ3) is 2.45. The van der Waals surface area contributed by atoms with E-state index in [2.05, 4.69) is 20.6 Å². The number of aryl methyl sites for hydroxylation is 2. The molecule has 114 valence electrons. The fraction of sp³-hybridized carbons (Fsp3) is 0.333. The van der Waals surface area contributed by atoms with E-state index in [-0.39, 0.29) is 11.8 Å². The highest BCUT2D eigenvalue weighted by atomic mass is 16.5. The maximum Gasteiger partial charge on any atom is 0.259 e. The number of aromatic nitrogens is 4. The van der Waals surface area contributed by atoms with E-state index < -0.39 is 0 Å². The molecule has 0 bridgehead atoms. The second-order valence-electron chi connectivity index (χ2n) is 5.55. The summed E-state index contributed by atoms with van der Waals surface area (Å²) < 4.78 is 6.85. The number of hydrogen-bond donors (Lipinski definition) is 1. The highest BCUT2D eigenvalue weighted by molar-refractivity contribution is 6.12. The molecule has 0 atom stereocenters. The Morgan fingerprint density at radius 1 is 1.41 bits per heavy atom. The summed E-state index contributed by atoms with van der Waals surface area (Å²) in [4.78, 5) is 17.0. The number of carbonyl (C=O) groups is 1. The van der Waals surface area contributed by atoms with Gasteiger partial charge in [-0.25, -0.2) is 4.98 Å². The van der Waals surface area contributed by atoms with Gasteiger partial charge in [0, 0.05) is 18.9 Å². The molecule has 1 amide bonds. The molecule has 0 aliphatic rings. The van der Waals surface area contributed by atoms with Gasteiger partial charge in [0.2, 0.25) is 0 Å². The van der Waals surface area contributed by atoms with Crippen molar-refractivity contribution in [3.8, 4) is 0 Å². The van der Waals surface area contributed by atoms with Crippen LogP contribution in [0.1, 0.15) is 41.5 Å². The maximum atomic E-state index is 12.6. The lowest BCUT2D eigenvalue weighted by molar-refractivity contribution is 0.102. The fourth-order valence-corrected chi connectivity index (χ4v) is 2.27. The molecule has 22 heavy (non-hydrogen) atoms. The van der Waals surface area contributed by atoms with Crippen molar-refractivity contribution in [3.05, 3.63) is 35.4 Å². The highest BCUT2D eigenvalue weighted by Crippen LogP contribution is 2.25. The Morgan fingerprint density at radius 2 is 2.18 bits per heavy atom. The molecule has 0 saturated carbocycles. The number of pyridine rings is 1. The summed E-state index contributed by atoms with van der Waals surface area (Å²) in [6, 6.07) is 1.79. The lowest BCUT2D eigenvalue weighted by atomic mass is 10.0. The van der Waals surface area contributed by atoms with Crippen molar-refractivity contribution in [3.63, 3.8) is 0 Å². The molecule has 0 aromatic carbocycles. The highest BCUT2D eigenvalue weighted by Gasteiger charge is 2.20. The molecule has 7 nitrogen and oxygen atoms in total. The fourth-order valence-electron chi connectivity index (χ4n) is 2.27. The van der Waals surface area contributed by atoms with Gasteiger partial charge in [0.15, 0.2) is 0 Å². The van der Waals surface area contributed by atoms with E-state index in [9.17, 15) is 4.79 Å². The van der Waals surface area contributed by atoms with Crippen LogP contribution in [0.4, 0.5) is 5.69 Å². The van der Waals surface area contributed by atoms with Gasteiger partial charge in [-0.3, -0.25) is 9.48 Å². The maximum absolute atomic E-state index is 12.6. The van der Waals surface area contributed by atoms with Gasteiger partial charge in [0.1, 0.15) is 0 Å². The minimum atomic E-state index is -0.228. The average Bonchev–Trinajstić information content (AvgIpc) is 3.04. The molecule has 0 aliphatic heterocycles. The summed E-state index contributed by atoms with van der Waals surface area (Å²) in [6.07, 6.45) is 3.33. The Kier molecular flexibility index (Phi) is 3.40. The van der Waals surface area contributed by atoms with Gasteiger partial charge in [0.25, 0.3) is 11.6 Å². The Hall–Kier alpha value is -2.70. The van der Waals surface area contributed by atoms with Crippen LogP contribution in [0.2, 0.25) is 0 Å². The molecule has 0 unspecified atom stereocenters. The lowest BCUT2D eigenvalue weighted by Gasteiger charge is -2.08. The summed E-state index contributed by atoms with van der Waals surface area (Å²) >= 11 is 0. The van der Waals surface area contributed by atoms with E-state index >= 15 is 0 Å². The van der Waals surface area contributed by atoms with E-state index in [1.165, 1.54) is 0 Å². The number of carbonyl (C=O) groups excluding carboxylic acids is 1. The van der Waals surface area contributed by atoms with Gasteiger partial charge in [-0.1, -0.05) is 19.0 Å². The van der Waals surface area contributed by atoms with E-state index in [0.717, 1.165) is 5.69 Å². The van der Waals surface area contributed by atoms with Crippen LogP contribution in [0.15, 0.2) is 23.0 Å².